The molecule has 42 heavy (non-hydrogen) atoms. The fourth-order valence-corrected chi connectivity index (χ4v) is 5.65. The zero-order valence-electron chi connectivity index (χ0n) is 21.9. The Morgan fingerprint density at radius 3 is 2.55 bits per heavy atom. The monoisotopic (exact) mass is 623 g/mol. The molecule has 14 heteroatoms. The first kappa shape index (κ1) is 28.5. The smallest absolute Gasteiger partial charge is 0.416 e. The summed E-state index contributed by atoms with van der Waals surface area (Å²) in [5.41, 5.74) is 0.139. The molecule has 0 aliphatic carbocycles. The fourth-order valence-electron chi connectivity index (χ4n) is 5.28. The third-order valence-corrected chi connectivity index (χ3v) is 7.80. The summed E-state index contributed by atoms with van der Waals surface area (Å²) in [6, 6.07) is 8.27. The SMILES string of the molecule is O=C(COc1ccc(N2CCOCC2)nc1Cl)N1CCc2nc3cc(C(F)(F)F)ccn3c2C1c1ccc(Cl)cc1F. The first-order valence-corrected chi connectivity index (χ1v) is 13.8. The Morgan fingerprint density at radius 2 is 1.83 bits per heavy atom. The number of carbonyl (C=O) groups is 1. The number of alkyl halides is 3. The van der Waals surface area contributed by atoms with Gasteiger partial charge in [-0.1, -0.05) is 29.3 Å². The second-order valence-electron chi connectivity index (χ2n) is 9.84. The van der Waals surface area contributed by atoms with Crippen molar-refractivity contribution in [1.29, 1.82) is 0 Å². The molecule has 1 saturated heterocycles. The van der Waals surface area contributed by atoms with E-state index in [-0.39, 0.29) is 40.1 Å². The molecule has 1 unspecified atom stereocenters. The van der Waals surface area contributed by atoms with Crippen LogP contribution in [0.3, 0.4) is 0 Å². The number of nitrogens with zero attached hydrogens (tertiary/aromatic N) is 5. The fraction of sp³-hybridized carbons (Fsp3) is 0.321. The summed E-state index contributed by atoms with van der Waals surface area (Å²) in [6.07, 6.45) is -3.09. The summed E-state index contributed by atoms with van der Waals surface area (Å²) in [7, 11) is 0. The second-order valence-corrected chi connectivity index (χ2v) is 10.6. The van der Waals surface area contributed by atoms with Crippen LogP contribution < -0.4 is 9.64 Å². The highest BCUT2D eigenvalue weighted by molar-refractivity contribution is 6.31. The minimum absolute atomic E-state index is 0.0398. The molecular formula is C28H23Cl2F4N5O3. The summed E-state index contributed by atoms with van der Waals surface area (Å²) in [4.78, 5) is 25.8. The molecule has 220 valence electrons. The summed E-state index contributed by atoms with van der Waals surface area (Å²) in [6.45, 7) is 2.18. The van der Waals surface area contributed by atoms with E-state index in [1.165, 1.54) is 27.6 Å². The predicted octanol–water partition coefficient (Wildman–Crippen LogP) is 5.58. The van der Waals surface area contributed by atoms with Crippen molar-refractivity contribution in [3.63, 3.8) is 0 Å². The van der Waals surface area contributed by atoms with E-state index in [0.717, 1.165) is 18.2 Å². The van der Waals surface area contributed by atoms with Crippen LogP contribution in [0.25, 0.3) is 5.65 Å². The van der Waals surface area contributed by atoms with Crippen LogP contribution in [0.5, 0.6) is 5.75 Å². The molecular weight excluding hydrogens is 601 g/mol. The Bertz CT molecular complexity index is 1660. The normalized spacial score (nSPS) is 17.4. The Labute approximate surface area is 247 Å². The van der Waals surface area contributed by atoms with Crippen molar-refractivity contribution >= 4 is 40.6 Å². The molecule has 3 aromatic heterocycles. The standard InChI is InChI=1S/C28H23Cl2F4N5O3/c29-17-1-2-18(19(31)14-17)25-26-20(35-23-13-16(28(32,33)34)5-7-38(23)26)6-8-39(25)24(40)15-42-21-3-4-22(36-27(21)30)37-9-11-41-12-10-37/h1-5,7,13-14,25H,6,8-12,15H2. The number of pyridine rings is 2. The maximum atomic E-state index is 15.3. The highest BCUT2D eigenvalue weighted by Gasteiger charge is 2.38. The molecule has 1 atom stereocenters. The van der Waals surface area contributed by atoms with Crippen molar-refractivity contribution in [1.82, 2.24) is 19.3 Å². The van der Waals surface area contributed by atoms with Crippen LogP contribution in [0.4, 0.5) is 23.4 Å². The largest absolute Gasteiger partial charge is 0.481 e. The van der Waals surface area contributed by atoms with Crippen LogP contribution in [-0.4, -0.2) is 64.6 Å². The molecule has 1 fully saturated rings. The first-order valence-electron chi connectivity index (χ1n) is 13.0. The van der Waals surface area contributed by atoms with E-state index in [0.29, 0.717) is 43.5 Å². The molecule has 4 aromatic rings. The molecule has 0 bridgehead atoms. The molecule has 5 heterocycles. The highest BCUT2D eigenvalue weighted by atomic mass is 35.5. The lowest BCUT2D eigenvalue weighted by molar-refractivity contribution is -0.137. The number of halogens is 6. The van der Waals surface area contributed by atoms with E-state index in [9.17, 15) is 18.0 Å². The Hall–Kier alpha value is -3.61. The summed E-state index contributed by atoms with van der Waals surface area (Å²) >= 11 is 12.4. The Morgan fingerprint density at radius 1 is 1.05 bits per heavy atom. The van der Waals surface area contributed by atoms with Gasteiger partial charge in [-0.3, -0.25) is 4.79 Å². The topological polar surface area (TPSA) is 72.2 Å². The minimum Gasteiger partial charge on any atom is -0.481 e. The molecule has 0 spiro atoms. The van der Waals surface area contributed by atoms with Gasteiger partial charge >= 0.3 is 6.18 Å². The molecule has 2 aliphatic heterocycles. The molecule has 8 nitrogen and oxygen atoms in total. The number of hydrogen-bond acceptors (Lipinski definition) is 6. The number of fused-ring (bicyclic) bond motifs is 3. The number of benzene rings is 1. The van der Waals surface area contributed by atoms with Crippen molar-refractivity contribution in [2.24, 2.45) is 0 Å². The van der Waals surface area contributed by atoms with Gasteiger partial charge in [-0.15, -0.1) is 0 Å². The van der Waals surface area contributed by atoms with Crippen molar-refractivity contribution in [2.75, 3.05) is 44.4 Å². The van der Waals surface area contributed by atoms with E-state index in [1.54, 1.807) is 12.1 Å². The number of anilines is 1. The molecule has 1 amide bonds. The van der Waals surface area contributed by atoms with Gasteiger partial charge in [0.15, 0.2) is 17.5 Å². The molecule has 0 N–H and O–H groups in total. The predicted molar refractivity (Wildman–Crippen MR) is 147 cm³/mol. The van der Waals surface area contributed by atoms with Crippen LogP contribution in [0, 0.1) is 5.82 Å². The van der Waals surface area contributed by atoms with Gasteiger partial charge in [0.1, 0.15) is 23.3 Å². The third-order valence-electron chi connectivity index (χ3n) is 7.29. The van der Waals surface area contributed by atoms with Crippen molar-refractivity contribution in [2.45, 2.75) is 18.6 Å². The van der Waals surface area contributed by atoms with Crippen molar-refractivity contribution in [3.05, 3.63) is 87.2 Å². The lowest BCUT2D eigenvalue weighted by Crippen LogP contribution is -2.43. The van der Waals surface area contributed by atoms with Crippen LogP contribution in [0.15, 0.2) is 48.7 Å². The minimum atomic E-state index is -4.56. The summed E-state index contributed by atoms with van der Waals surface area (Å²) < 4.78 is 68.0. The van der Waals surface area contributed by atoms with Gasteiger partial charge in [-0.05, 0) is 36.4 Å². The van der Waals surface area contributed by atoms with Gasteiger partial charge in [0.2, 0.25) is 0 Å². The second kappa shape index (κ2) is 11.2. The highest BCUT2D eigenvalue weighted by Crippen LogP contribution is 2.39. The Kier molecular flexibility index (Phi) is 7.62. The molecule has 1 aromatic carbocycles. The molecule has 2 aliphatic rings. The molecule has 0 saturated carbocycles. The maximum Gasteiger partial charge on any atom is 0.416 e. The maximum absolute atomic E-state index is 15.3. The van der Waals surface area contributed by atoms with Crippen LogP contribution in [0.2, 0.25) is 10.2 Å². The number of imidazole rings is 1. The number of carbonyl (C=O) groups excluding carboxylic acids is 1. The van der Waals surface area contributed by atoms with E-state index < -0.39 is 36.1 Å². The number of aromatic nitrogens is 3. The average Bonchev–Trinajstić information content (AvgIpc) is 3.34. The Balaban J connectivity index is 1.31. The van der Waals surface area contributed by atoms with Gasteiger partial charge in [-0.2, -0.15) is 13.2 Å². The zero-order chi connectivity index (χ0) is 29.6. The van der Waals surface area contributed by atoms with E-state index in [2.05, 4.69) is 9.97 Å². The van der Waals surface area contributed by atoms with Crippen molar-refractivity contribution < 1.29 is 31.8 Å². The van der Waals surface area contributed by atoms with E-state index in [4.69, 9.17) is 32.7 Å². The quantitative estimate of drug-likeness (QED) is 0.213. The van der Waals surface area contributed by atoms with Crippen LogP contribution in [-0.2, 0) is 22.1 Å². The van der Waals surface area contributed by atoms with Gasteiger partial charge in [-0.25, -0.2) is 14.4 Å². The number of hydrogen-bond donors (Lipinski definition) is 0. The van der Waals surface area contributed by atoms with E-state index in [1.807, 2.05) is 4.90 Å². The number of ether oxygens (including phenoxy) is 2. The zero-order valence-corrected chi connectivity index (χ0v) is 23.4. The lowest BCUT2D eigenvalue weighted by atomic mass is 9.95. The van der Waals surface area contributed by atoms with Crippen LogP contribution in [0.1, 0.15) is 28.6 Å². The summed E-state index contributed by atoms with van der Waals surface area (Å²) in [5.74, 6) is -0.310. The number of rotatable bonds is 5. The average molecular weight is 624 g/mol. The van der Waals surface area contributed by atoms with Gasteiger partial charge < -0.3 is 23.7 Å². The van der Waals surface area contributed by atoms with E-state index >= 15 is 4.39 Å². The lowest BCUT2D eigenvalue weighted by Gasteiger charge is -2.36. The van der Waals surface area contributed by atoms with Gasteiger partial charge in [0.05, 0.1) is 30.2 Å². The number of morpholine rings is 1. The molecule has 6 rings (SSSR count). The van der Waals surface area contributed by atoms with Crippen molar-refractivity contribution in [3.8, 4) is 5.75 Å². The number of amides is 1. The first-order chi connectivity index (χ1) is 20.1. The summed E-state index contributed by atoms with van der Waals surface area (Å²) in [5, 5.41) is 0.236. The third kappa shape index (κ3) is 5.46. The van der Waals surface area contributed by atoms with Crippen LogP contribution >= 0.6 is 23.2 Å². The van der Waals surface area contributed by atoms with Gasteiger partial charge in [0, 0.05) is 42.8 Å². The molecule has 0 radical (unpaired) electrons. The van der Waals surface area contributed by atoms with Gasteiger partial charge in [0.25, 0.3) is 5.91 Å².